The Labute approximate surface area is 176 Å². The predicted octanol–water partition coefficient (Wildman–Crippen LogP) is 4.80. The molecule has 152 valence electrons. The number of halogens is 1. The Hall–Kier alpha value is -1.41. The van der Waals surface area contributed by atoms with E-state index in [1.165, 1.54) is 16.4 Å². The molecule has 1 saturated heterocycles. The van der Waals surface area contributed by atoms with E-state index >= 15 is 0 Å². The summed E-state index contributed by atoms with van der Waals surface area (Å²) in [7, 11) is -2.00. The van der Waals surface area contributed by atoms with Gasteiger partial charge in [0.15, 0.2) is 0 Å². The highest BCUT2D eigenvalue weighted by Crippen LogP contribution is 2.30. The SMILES string of the molecule is CC(c1cccs1)N(C)C(=O)c1ccc(Cl)c(S(=O)(=O)N2CCCCCC2)c1. The van der Waals surface area contributed by atoms with Crippen LogP contribution in [-0.4, -0.2) is 43.7 Å². The van der Waals surface area contributed by atoms with Crippen LogP contribution in [-0.2, 0) is 10.0 Å². The number of nitrogens with zero attached hydrogens (tertiary/aromatic N) is 2. The van der Waals surface area contributed by atoms with E-state index in [-0.39, 0.29) is 21.9 Å². The van der Waals surface area contributed by atoms with Crippen molar-refractivity contribution < 1.29 is 13.2 Å². The second-order valence-corrected chi connectivity index (χ2v) is 10.4. The van der Waals surface area contributed by atoms with Gasteiger partial charge < -0.3 is 4.90 Å². The first-order chi connectivity index (χ1) is 13.3. The maximum atomic E-state index is 13.1. The lowest BCUT2D eigenvalue weighted by Gasteiger charge is -2.25. The fourth-order valence-corrected chi connectivity index (χ4v) is 6.20. The van der Waals surface area contributed by atoms with Crippen LogP contribution >= 0.6 is 22.9 Å². The molecule has 1 aromatic carbocycles. The van der Waals surface area contributed by atoms with Crippen LogP contribution in [0.2, 0.25) is 5.02 Å². The van der Waals surface area contributed by atoms with E-state index < -0.39 is 10.0 Å². The van der Waals surface area contributed by atoms with Crippen LogP contribution in [0.15, 0.2) is 40.6 Å². The molecule has 1 aliphatic heterocycles. The summed E-state index contributed by atoms with van der Waals surface area (Å²) < 4.78 is 27.8. The van der Waals surface area contributed by atoms with E-state index in [0.717, 1.165) is 30.6 Å². The molecule has 1 atom stereocenters. The number of carbonyl (C=O) groups is 1. The number of hydrogen-bond acceptors (Lipinski definition) is 4. The smallest absolute Gasteiger partial charge is 0.254 e. The van der Waals surface area contributed by atoms with Gasteiger partial charge in [0.25, 0.3) is 5.91 Å². The van der Waals surface area contributed by atoms with Crippen molar-refractivity contribution in [3.63, 3.8) is 0 Å². The molecule has 28 heavy (non-hydrogen) atoms. The second-order valence-electron chi connectivity index (χ2n) is 7.07. The van der Waals surface area contributed by atoms with Crippen LogP contribution in [0.4, 0.5) is 0 Å². The first kappa shape index (κ1) is 21.3. The van der Waals surface area contributed by atoms with Gasteiger partial charge in [-0.3, -0.25) is 4.79 Å². The lowest BCUT2D eigenvalue weighted by molar-refractivity contribution is 0.0744. The molecule has 5 nitrogen and oxygen atoms in total. The summed E-state index contributed by atoms with van der Waals surface area (Å²) in [4.78, 5) is 15.7. The molecule has 2 heterocycles. The average molecular weight is 441 g/mol. The van der Waals surface area contributed by atoms with Crippen molar-refractivity contribution in [1.82, 2.24) is 9.21 Å². The van der Waals surface area contributed by atoms with Crippen molar-refractivity contribution in [3.8, 4) is 0 Å². The zero-order chi connectivity index (χ0) is 20.3. The van der Waals surface area contributed by atoms with E-state index in [2.05, 4.69) is 0 Å². The first-order valence-electron chi connectivity index (χ1n) is 9.42. The van der Waals surface area contributed by atoms with Crippen LogP contribution < -0.4 is 0 Å². The highest BCUT2D eigenvalue weighted by atomic mass is 35.5. The topological polar surface area (TPSA) is 57.7 Å². The molecule has 0 spiro atoms. The van der Waals surface area contributed by atoms with Gasteiger partial charge in [-0.15, -0.1) is 11.3 Å². The molecule has 0 saturated carbocycles. The molecular formula is C20H25ClN2O3S2. The third-order valence-electron chi connectivity index (χ3n) is 5.22. The van der Waals surface area contributed by atoms with Gasteiger partial charge in [-0.1, -0.05) is 30.5 Å². The predicted molar refractivity (Wildman–Crippen MR) is 114 cm³/mol. The number of thiophene rings is 1. The normalized spacial score (nSPS) is 17.1. The summed E-state index contributed by atoms with van der Waals surface area (Å²) in [6, 6.07) is 8.34. The van der Waals surface area contributed by atoms with Gasteiger partial charge in [0.2, 0.25) is 10.0 Å². The minimum Gasteiger partial charge on any atom is -0.334 e. The van der Waals surface area contributed by atoms with Crippen molar-refractivity contribution in [2.24, 2.45) is 0 Å². The fourth-order valence-electron chi connectivity index (χ4n) is 3.35. The van der Waals surface area contributed by atoms with Crippen molar-refractivity contribution in [2.75, 3.05) is 20.1 Å². The Kier molecular flexibility index (Phi) is 6.81. The summed E-state index contributed by atoms with van der Waals surface area (Å²) in [6.45, 7) is 2.94. The molecule has 8 heteroatoms. The summed E-state index contributed by atoms with van der Waals surface area (Å²) in [5, 5.41) is 2.12. The molecule has 1 aromatic heterocycles. The zero-order valence-corrected chi connectivity index (χ0v) is 18.5. The summed E-state index contributed by atoms with van der Waals surface area (Å²) in [6.07, 6.45) is 3.75. The molecule has 1 amide bonds. The van der Waals surface area contributed by atoms with E-state index in [0.29, 0.717) is 18.7 Å². The average Bonchev–Trinajstić information content (AvgIpc) is 3.08. The fraction of sp³-hybridized carbons (Fsp3) is 0.450. The van der Waals surface area contributed by atoms with Crippen molar-refractivity contribution >= 4 is 38.9 Å². The third-order valence-corrected chi connectivity index (χ3v) is 8.64. The highest BCUT2D eigenvalue weighted by Gasteiger charge is 2.29. The van der Waals surface area contributed by atoms with Gasteiger partial charge in [-0.25, -0.2) is 8.42 Å². The van der Waals surface area contributed by atoms with Crippen LogP contribution in [0.3, 0.4) is 0 Å². The quantitative estimate of drug-likeness (QED) is 0.671. The van der Waals surface area contributed by atoms with E-state index in [4.69, 9.17) is 11.6 Å². The van der Waals surface area contributed by atoms with Crippen molar-refractivity contribution in [1.29, 1.82) is 0 Å². The van der Waals surface area contributed by atoms with Crippen molar-refractivity contribution in [2.45, 2.75) is 43.5 Å². The molecule has 0 aliphatic carbocycles. The maximum absolute atomic E-state index is 13.1. The molecule has 3 rings (SSSR count). The van der Waals surface area contributed by atoms with Gasteiger partial charge in [-0.05, 0) is 49.4 Å². The van der Waals surface area contributed by atoms with Gasteiger partial charge in [0, 0.05) is 30.6 Å². The van der Waals surface area contributed by atoms with E-state index in [1.807, 2.05) is 24.4 Å². The first-order valence-corrected chi connectivity index (χ1v) is 12.1. The standard InChI is InChI=1S/C20H25ClN2O3S2/c1-15(18-8-7-13-27-18)22(2)20(24)16-9-10-17(21)19(14-16)28(25,26)23-11-5-3-4-6-12-23/h7-10,13-15H,3-6,11-12H2,1-2H3. The Morgan fingerprint density at radius 2 is 1.86 bits per heavy atom. The number of benzene rings is 1. The largest absolute Gasteiger partial charge is 0.334 e. The monoisotopic (exact) mass is 440 g/mol. The number of amides is 1. The molecular weight excluding hydrogens is 416 g/mol. The number of rotatable bonds is 5. The number of hydrogen-bond donors (Lipinski definition) is 0. The number of carbonyl (C=O) groups excluding carboxylic acids is 1. The summed E-state index contributed by atoms with van der Waals surface area (Å²) in [5.74, 6) is -0.232. The molecule has 1 unspecified atom stereocenters. The lowest BCUT2D eigenvalue weighted by Crippen LogP contribution is -2.33. The highest BCUT2D eigenvalue weighted by molar-refractivity contribution is 7.89. The Bertz CT molecular complexity index is 921. The van der Waals surface area contributed by atoms with Gasteiger partial charge >= 0.3 is 0 Å². The van der Waals surface area contributed by atoms with E-state index in [1.54, 1.807) is 29.4 Å². The lowest BCUT2D eigenvalue weighted by atomic mass is 10.1. The Balaban J connectivity index is 1.89. The van der Waals surface area contributed by atoms with Crippen LogP contribution in [0.5, 0.6) is 0 Å². The summed E-state index contributed by atoms with van der Waals surface area (Å²) >= 11 is 7.82. The van der Waals surface area contributed by atoms with Gasteiger partial charge in [0.05, 0.1) is 11.1 Å². The molecule has 2 aromatic rings. The third kappa shape index (κ3) is 4.43. The van der Waals surface area contributed by atoms with Gasteiger partial charge in [-0.2, -0.15) is 4.31 Å². The van der Waals surface area contributed by atoms with E-state index in [9.17, 15) is 13.2 Å². The molecule has 1 fully saturated rings. The number of sulfonamides is 1. The van der Waals surface area contributed by atoms with Crippen LogP contribution in [0, 0.1) is 0 Å². The second kappa shape index (κ2) is 8.95. The maximum Gasteiger partial charge on any atom is 0.254 e. The molecule has 0 N–H and O–H groups in total. The molecule has 0 radical (unpaired) electrons. The Morgan fingerprint density at radius 1 is 1.18 bits per heavy atom. The molecule has 0 bridgehead atoms. The van der Waals surface area contributed by atoms with Crippen LogP contribution in [0.25, 0.3) is 0 Å². The Morgan fingerprint density at radius 3 is 2.46 bits per heavy atom. The summed E-state index contributed by atoms with van der Waals surface area (Å²) in [5.41, 5.74) is 0.323. The minimum absolute atomic E-state index is 0.0130. The van der Waals surface area contributed by atoms with Gasteiger partial charge in [0.1, 0.15) is 4.90 Å². The zero-order valence-electron chi connectivity index (χ0n) is 16.1. The van der Waals surface area contributed by atoms with Crippen molar-refractivity contribution in [3.05, 3.63) is 51.2 Å². The molecule has 1 aliphatic rings. The van der Waals surface area contributed by atoms with Crippen LogP contribution in [0.1, 0.15) is 53.9 Å². The minimum atomic E-state index is -3.73.